The summed E-state index contributed by atoms with van der Waals surface area (Å²) in [6.45, 7) is 5.76. The molecule has 1 saturated carbocycles. The van der Waals surface area contributed by atoms with Crippen LogP contribution >= 0.6 is 0 Å². The maximum absolute atomic E-state index is 5.75. The average molecular weight is 249 g/mol. The van der Waals surface area contributed by atoms with Crippen LogP contribution in [0.2, 0.25) is 0 Å². The van der Waals surface area contributed by atoms with Crippen LogP contribution in [0.25, 0.3) is 0 Å². The van der Waals surface area contributed by atoms with Crippen molar-refractivity contribution in [1.29, 1.82) is 0 Å². The molecule has 1 aliphatic rings. The molecule has 0 amide bonds. The Bertz CT molecular complexity index is 377. The van der Waals surface area contributed by atoms with E-state index in [1.165, 1.54) is 19.3 Å². The van der Waals surface area contributed by atoms with Gasteiger partial charge in [-0.25, -0.2) is 4.98 Å². The normalized spacial score (nSPS) is 15.2. The Balaban J connectivity index is 1.90. The number of anilines is 1. The minimum atomic E-state index is 0.706. The Morgan fingerprint density at radius 3 is 2.78 bits per heavy atom. The van der Waals surface area contributed by atoms with Crippen LogP contribution < -0.4 is 10.1 Å². The van der Waals surface area contributed by atoms with Gasteiger partial charge in [0.05, 0.1) is 6.61 Å². The zero-order valence-electron chi connectivity index (χ0n) is 11.4. The smallest absolute Gasteiger partial charge is 0.218 e. The molecule has 1 aliphatic carbocycles. The van der Waals surface area contributed by atoms with E-state index in [4.69, 9.17) is 4.74 Å². The number of rotatable bonds is 7. The first kappa shape index (κ1) is 13.1. The van der Waals surface area contributed by atoms with Crippen LogP contribution in [0.4, 0.5) is 5.82 Å². The van der Waals surface area contributed by atoms with Crippen LogP contribution in [-0.2, 0) is 6.42 Å². The SMILES string of the molecule is CCNc1cc(OCCC2CCC2)nc(CC)n1. The van der Waals surface area contributed by atoms with Gasteiger partial charge >= 0.3 is 0 Å². The summed E-state index contributed by atoms with van der Waals surface area (Å²) in [6, 6.07) is 1.89. The second-order valence-electron chi connectivity index (χ2n) is 4.83. The highest BCUT2D eigenvalue weighted by molar-refractivity contribution is 5.38. The number of nitrogens with zero attached hydrogens (tertiary/aromatic N) is 2. The molecule has 0 spiro atoms. The van der Waals surface area contributed by atoms with Crippen molar-refractivity contribution in [2.75, 3.05) is 18.5 Å². The predicted octanol–water partition coefficient (Wildman–Crippen LogP) is 3.04. The van der Waals surface area contributed by atoms with E-state index in [2.05, 4.69) is 29.1 Å². The van der Waals surface area contributed by atoms with Crippen LogP contribution in [0.1, 0.15) is 45.4 Å². The maximum Gasteiger partial charge on any atom is 0.218 e. The standard InChI is InChI=1S/C14H23N3O/c1-3-12-16-13(15-4-2)10-14(17-12)18-9-8-11-6-5-7-11/h10-11H,3-9H2,1-2H3,(H,15,16,17). The molecule has 0 bridgehead atoms. The largest absolute Gasteiger partial charge is 0.478 e. The summed E-state index contributed by atoms with van der Waals surface area (Å²) in [5, 5.41) is 3.21. The third-order valence-corrected chi connectivity index (χ3v) is 3.42. The summed E-state index contributed by atoms with van der Waals surface area (Å²) in [4.78, 5) is 8.81. The number of hydrogen-bond acceptors (Lipinski definition) is 4. The van der Waals surface area contributed by atoms with Gasteiger partial charge < -0.3 is 10.1 Å². The lowest BCUT2D eigenvalue weighted by molar-refractivity contribution is 0.217. The van der Waals surface area contributed by atoms with Gasteiger partial charge in [-0.2, -0.15) is 4.98 Å². The number of hydrogen-bond donors (Lipinski definition) is 1. The Morgan fingerprint density at radius 2 is 2.17 bits per heavy atom. The minimum Gasteiger partial charge on any atom is -0.478 e. The van der Waals surface area contributed by atoms with Gasteiger partial charge in [0.25, 0.3) is 0 Å². The lowest BCUT2D eigenvalue weighted by Crippen LogP contribution is -2.15. The van der Waals surface area contributed by atoms with Gasteiger partial charge in [0.1, 0.15) is 11.6 Å². The van der Waals surface area contributed by atoms with Crippen molar-refractivity contribution in [3.05, 3.63) is 11.9 Å². The Hall–Kier alpha value is -1.32. The summed E-state index contributed by atoms with van der Waals surface area (Å²) in [5.41, 5.74) is 0. The van der Waals surface area contributed by atoms with E-state index >= 15 is 0 Å². The van der Waals surface area contributed by atoms with Gasteiger partial charge in [-0.1, -0.05) is 26.2 Å². The molecule has 18 heavy (non-hydrogen) atoms. The zero-order valence-corrected chi connectivity index (χ0v) is 11.4. The van der Waals surface area contributed by atoms with E-state index in [9.17, 15) is 0 Å². The average Bonchev–Trinajstić information content (AvgIpc) is 2.32. The van der Waals surface area contributed by atoms with E-state index in [1.807, 2.05) is 6.07 Å². The van der Waals surface area contributed by atoms with Crippen molar-refractivity contribution >= 4 is 5.82 Å². The van der Waals surface area contributed by atoms with Crippen LogP contribution in [-0.4, -0.2) is 23.1 Å². The summed E-state index contributed by atoms with van der Waals surface area (Å²) >= 11 is 0. The monoisotopic (exact) mass is 249 g/mol. The molecule has 1 aromatic heterocycles. The fourth-order valence-corrected chi connectivity index (χ4v) is 2.09. The molecule has 0 saturated heterocycles. The molecular weight excluding hydrogens is 226 g/mol. The molecule has 0 aromatic carbocycles. The molecule has 0 radical (unpaired) electrons. The molecule has 0 atom stereocenters. The fourth-order valence-electron chi connectivity index (χ4n) is 2.09. The molecule has 1 heterocycles. The summed E-state index contributed by atoms with van der Waals surface area (Å²) in [7, 11) is 0. The van der Waals surface area contributed by atoms with Gasteiger partial charge in [0.2, 0.25) is 5.88 Å². The molecule has 1 N–H and O–H groups in total. The molecule has 0 unspecified atom stereocenters. The zero-order chi connectivity index (χ0) is 12.8. The molecule has 1 aromatic rings. The van der Waals surface area contributed by atoms with E-state index in [0.717, 1.165) is 43.6 Å². The molecular formula is C14H23N3O. The molecule has 0 aliphatic heterocycles. The number of aromatic nitrogens is 2. The van der Waals surface area contributed by atoms with Gasteiger partial charge in [-0.05, 0) is 19.3 Å². The highest BCUT2D eigenvalue weighted by atomic mass is 16.5. The maximum atomic E-state index is 5.75. The second-order valence-corrected chi connectivity index (χ2v) is 4.83. The molecule has 100 valence electrons. The van der Waals surface area contributed by atoms with Gasteiger partial charge in [-0.15, -0.1) is 0 Å². The van der Waals surface area contributed by atoms with E-state index in [0.29, 0.717) is 5.88 Å². The van der Waals surface area contributed by atoms with E-state index in [1.54, 1.807) is 0 Å². The van der Waals surface area contributed by atoms with Crippen LogP contribution in [0.15, 0.2) is 6.07 Å². The van der Waals surface area contributed by atoms with Gasteiger partial charge in [0.15, 0.2) is 0 Å². The lowest BCUT2D eigenvalue weighted by atomic mass is 9.83. The quantitative estimate of drug-likeness (QED) is 0.807. The number of nitrogens with one attached hydrogen (secondary N) is 1. The van der Waals surface area contributed by atoms with Crippen molar-refractivity contribution in [3.8, 4) is 5.88 Å². The Labute approximate surface area is 109 Å². The fraction of sp³-hybridized carbons (Fsp3) is 0.714. The number of ether oxygens (including phenoxy) is 1. The molecule has 4 heteroatoms. The van der Waals surface area contributed by atoms with Crippen LogP contribution in [0.5, 0.6) is 5.88 Å². The number of aryl methyl sites for hydroxylation is 1. The van der Waals surface area contributed by atoms with Crippen molar-refractivity contribution in [2.45, 2.75) is 46.0 Å². The molecule has 4 nitrogen and oxygen atoms in total. The second kappa shape index (κ2) is 6.57. The van der Waals surface area contributed by atoms with Gasteiger partial charge in [0, 0.05) is 19.0 Å². The molecule has 1 fully saturated rings. The topological polar surface area (TPSA) is 47.0 Å². The van der Waals surface area contributed by atoms with Crippen LogP contribution in [0.3, 0.4) is 0 Å². The Kier molecular flexibility index (Phi) is 4.79. The van der Waals surface area contributed by atoms with Crippen molar-refractivity contribution in [1.82, 2.24) is 9.97 Å². The van der Waals surface area contributed by atoms with Crippen LogP contribution in [0, 0.1) is 5.92 Å². The lowest BCUT2D eigenvalue weighted by Gasteiger charge is -2.24. The first-order valence-electron chi connectivity index (χ1n) is 7.06. The Morgan fingerprint density at radius 1 is 1.33 bits per heavy atom. The van der Waals surface area contributed by atoms with E-state index < -0.39 is 0 Å². The minimum absolute atomic E-state index is 0.706. The third-order valence-electron chi connectivity index (χ3n) is 3.42. The highest BCUT2D eigenvalue weighted by Gasteiger charge is 2.17. The van der Waals surface area contributed by atoms with Crippen molar-refractivity contribution in [3.63, 3.8) is 0 Å². The third kappa shape index (κ3) is 3.59. The summed E-state index contributed by atoms with van der Waals surface area (Å²) < 4.78 is 5.75. The summed E-state index contributed by atoms with van der Waals surface area (Å²) in [5.74, 6) is 3.29. The first-order chi connectivity index (χ1) is 8.81. The highest BCUT2D eigenvalue weighted by Crippen LogP contribution is 2.29. The van der Waals surface area contributed by atoms with E-state index in [-0.39, 0.29) is 0 Å². The summed E-state index contributed by atoms with van der Waals surface area (Å²) in [6.07, 6.45) is 6.12. The first-order valence-corrected chi connectivity index (χ1v) is 7.06. The molecule has 2 rings (SSSR count). The van der Waals surface area contributed by atoms with Gasteiger partial charge in [-0.3, -0.25) is 0 Å². The van der Waals surface area contributed by atoms with Crippen molar-refractivity contribution in [2.24, 2.45) is 5.92 Å². The van der Waals surface area contributed by atoms with Crippen molar-refractivity contribution < 1.29 is 4.74 Å². The predicted molar refractivity (Wildman–Crippen MR) is 73.0 cm³/mol.